The number of carbonyl (C=O) groups excluding carboxylic acids is 4. The third kappa shape index (κ3) is 14.3. The van der Waals surface area contributed by atoms with Gasteiger partial charge < -0.3 is 45.5 Å². The molecule has 0 aliphatic carbocycles. The number of nitrogens with one attached hydrogen (secondary N) is 2. The first-order valence-corrected chi connectivity index (χ1v) is 20.9. The van der Waals surface area contributed by atoms with Crippen LogP contribution in [0, 0.1) is 23.7 Å². The molecule has 1 saturated heterocycles. The number of carbonyl (C=O) groups is 5. The summed E-state index contributed by atoms with van der Waals surface area (Å²) in [7, 11) is 6.60. The fourth-order valence-electron chi connectivity index (χ4n) is 8.18. The van der Waals surface area contributed by atoms with E-state index in [9.17, 15) is 29.1 Å². The van der Waals surface area contributed by atoms with Gasteiger partial charge in [0.2, 0.25) is 23.6 Å². The Bertz CT molecular complexity index is 1430. The van der Waals surface area contributed by atoms with Gasteiger partial charge >= 0.3 is 5.97 Å². The predicted octanol–water partition coefficient (Wildman–Crippen LogP) is 2.79. The number of carboxylic acid groups (broad SMARTS) is 1. The fourth-order valence-corrected chi connectivity index (χ4v) is 8.18. The quantitative estimate of drug-likeness (QED) is 0.101. The van der Waals surface area contributed by atoms with Crippen LogP contribution in [0.2, 0.25) is 0 Å². The molecule has 15 heteroatoms. The minimum atomic E-state index is -1.14. The van der Waals surface area contributed by atoms with Crippen molar-refractivity contribution in [1.82, 2.24) is 25.3 Å². The van der Waals surface area contributed by atoms with Crippen LogP contribution in [-0.2, 0) is 44.6 Å². The first-order chi connectivity index (χ1) is 27.4. The van der Waals surface area contributed by atoms with Crippen molar-refractivity contribution in [2.24, 2.45) is 29.4 Å². The van der Waals surface area contributed by atoms with E-state index in [1.54, 1.807) is 23.8 Å². The molecule has 0 spiro atoms. The van der Waals surface area contributed by atoms with E-state index in [0.717, 1.165) is 5.56 Å². The standard InChI is InChI=1S/C43H74N6O9/c1-12-29(6)38(48(9)42(53)36(27(2)3)46-41(52)37(28(4)5)47(8)22-24-58-23-20-44)34(56-10)26-35(50)49-21-16-19-33(49)39(57-11)30(7)40(51)45-32(43(54)55)25-31-17-14-13-15-18-31/h13-15,17-18,27-30,32-34,36-39H,12,16,19-26,44H2,1-11H3,(H,45,51)(H,46,52)(H,54,55). The van der Waals surface area contributed by atoms with Crippen LogP contribution in [-0.4, -0.2) is 153 Å². The van der Waals surface area contributed by atoms with Crippen molar-refractivity contribution in [3.05, 3.63) is 35.9 Å². The number of rotatable bonds is 26. The average molecular weight is 819 g/mol. The third-order valence-electron chi connectivity index (χ3n) is 11.6. The van der Waals surface area contributed by atoms with Gasteiger partial charge in [0, 0.05) is 47.3 Å². The Morgan fingerprint density at radius 3 is 2.12 bits per heavy atom. The first kappa shape index (κ1) is 50.5. The second-order valence-corrected chi connectivity index (χ2v) is 16.5. The van der Waals surface area contributed by atoms with Gasteiger partial charge in [-0.15, -0.1) is 0 Å². The van der Waals surface area contributed by atoms with E-state index in [1.807, 2.05) is 83.8 Å². The molecule has 9 unspecified atom stereocenters. The molecule has 58 heavy (non-hydrogen) atoms. The number of hydrogen-bond acceptors (Lipinski definition) is 10. The molecule has 4 amide bonds. The number of carboxylic acids is 1. The Morgan fingerprint density at radius 1 is 0.931 bits per heavy atom. The maximum atomic E-state index is 14.4. The summed E-state index contributed by atoms with van der Waals surface area (Å²) in [4.78, 5) is 73.5. The van der Waals surface area contributed by atoms with Crippen molar-refractivity contribution >= 4 is 29.6 Å². The predicted molar refractivity (Wildman–Crippen MR) is 224 cm³/mol. The van der Waals surface area contributed by atoms with Crippen LogP contribution in [0.25, 0.3) is 0 Å². The zero-order chi connectivity index (χ0) is 43.7. The Hall–Kier alpha value is -3.63. The van der Waals surface area contributed by atoms with Crippen LogP contribution >= 0.6 is 0 Å². The molecule has 0 aromatic heterocycles. The van der Waals surface area contributed by atoms with Gasteiger partial charge in [-0.05, 0) is 43.2 Å². The SMILES string of the molecule is CCC(C)C(C(CC(=O)N1CCCC1C(OC)C(C)C(=O)NC(Cc1ccccc1)C(=O)O)OC)N(C)C(=O)C(NC(=O)C(C(C)C)N(C)CCOCCN)C(C)C. The molecule has 1 heterocycles. The Morgan fingerprint density at radius 2 is 1.59 bits per heavy atom. The highest BCUT2D eigenvalue weighted by molar-refractivity contribution is 5.90. The molecule has 1 aromatic rings. The van der Waals surface area contributed by atoms with Crippen LogP contribution in [0.4, 0.5) is 0 Å². The molecular formula is C43H74N6O9. The number of hydrogen-bond donors (Lipinski definition) is 4. The lowest BCUT2D eigenvalue weighted by Crippen LogP contribution is -2.60. The van der Waals surface area contributed by atoms with Crippen molar-refractivity contribution in [2.75, 3.05) is 61.2 Å². The van der Waals surface area contributed by atoms with Gasteiger partial charge in [0.15, 0.2) is 0 Å². The zero-order valence-electron chi connectivity index (χ0n) is 36.9. The number of methoxy groups -OCH3 is 2. The number of likely N-dealkylation sites (N-methyl/N-ethyl adjacent to an activating group) is 2. The molecule has 2 rings (SSSR count). The fraction of sp³-hybridized carbons (Fsp3) is 0.744. The zero-order valence-corrected chi connectivity index (χ0v) is 36.9. The van der Waals surface area contributed by atoms with Crippen LogP contribution < -0.4 is 16.4 Å². The van der Waals surface area contributed by atoms with Crippen LogP contribution in [0.5, 0.6) is 0 Å². The highest BCUT2D eigenvalue weighted by Crippen LogP contribution is 2.30. The summed E-state index contributed by atoms with van der Waals surface area (Å²) in [6.07, 6.45) is 0.718. The van der Waals surface area contributed by atoms with E-state index in [-0.39, 0.29) is 48.3 Å². The monoisotopic (exact) mass is 819 g/mol. The molecule has 1 aromatic carbocycles. The number of benzene rings is 1. The van der Waals surface area contributed by atoms with E-state index < -0.39 is 60.2 Å². The Labute approximate surface area is 347 Å². The molecule has 15 nitrogen and oxygen atoms in total. The topological polar surface area (TPSA) is 193 Å². The van der Waals surface area contributed by atoms with Gasteiger partial charge in [0.25, 0.3) is 0 Å². The van der Waals surface area contributed by atoms with Gasteiger partial charge in [0.1, 0.15) is 12.1 Å². The van der Waals surface area contributed by atoms with Crippen LogP contribution in [0.15, 0.2) is 30.3 Å². The third-order valence-corrected chi connectivity index (χ3v) is 11.6. The number of likely N-dealkylation sites (tertiary alicyclic amines) is 1. The number of ether oxygens (including phenoxy) is 3. The van der Waals surface area contributed by atoms with E-state index in [0.29, 0.717) is 52.1 Å². The number of nitrogens with zero attached hydrogens (tertiary/aromatic N) is 3. The second-order valence-electron chi connectivity index (χ2n) is 16.5. The summed E-state index contributed by atoms with van der Waals surface area (Å²) < 4.78 is 17.5. The summed E-state index contributed by atoms with van der Waals surface area (Å²) in [5.74, 6) is -3.44. The average Bonchev–Trinajstić information content (AvgIpc) is 3.67. The van der Waals surface area contributed by atoms with Crippen LogP contribution in [0.1, 0.15) is 79.7 Å². The largest absolute Gasteiger partial charge is 0.480 e. The summed E-state index contributed by atoms with van der Waals surface area (Å²) >= 11 is 0. The van der Waals surface area contributed by atoms with E-state index in [1.165, 1.54) is 14.2 Å². The van der Waals surface area contributed by atoms with Crippen LogP contribution in [0.3, 0.4) is 0 Å². The van der Waals surface area contributed by atoms with Gasteiger partial charge in [-0.3, -0.25) is 24.1 Å². The molecule has 1 aliphatic heterocycles. The number of aliphatic carboxylic acids is 1. The lowest BCUT2D eigenvalue weighted by atomic mass is 9.89. The Balaban J connectivity index is 2.26. The van der Waals surface area contributed by atoms with Crippen molar-refractivity contribution in [2.45, 2.75) is 123 Å². The summed E-state index contributed by atoms with van der Waals surface area (Å²) in [6.45, 7) is 15.7. The molecule has 330 valence electrons. The van der Waals surface area contributed by atoms with Gasteiger partial charge in [0.05, 0.1) is 55.9 Å². The maximum Gasteiger partial charge on any atom is 0.326 e. The molecule has 0 bridgehead atoms. The molecule has 5 N–H and O–H groups in total. The minimum absolute atomic E-state index is 0.0278. The number of nitrogens with two attached hydrogens (primary N) is 1. The molecular weight excluding hydrogens is 745 g/mol. The van der Waals surface area contributed by atoms with Crippen molar-refractivity contribution in [1.29, 1.82) is 0 Å². The molecule has 1 fully saturated rings. The lowest BCUT2D eigenvalue weighted by Gasteiger charge is -2.41. The highest BCUT2D eigenvalue weighted by Gasteiger charge is 2.43. The molecule has 0 radical (unpaired) electrons. The van der Waals surface area contributed by atoms with Crippen molar-refractivity contribution in [3.8, 4) is 0 Å². The Kier molecular flexibility index (Phi) is 21.9. The van der Waals surface area contributed by atoms with Crippen molar-refractivity contribution < 1.29 is 43.3 Å². The minimum Gasteiger partial charge on any atom is -0.480 e. The van der Waals surface area contributed by atoms with Crippen molar-refractivity contribution in [3.63, 3.8) is 0 Å². The second kappa shape index (κ2) is 25.1. The van der Waals surface area contributed by atoms with E-state index in [2.05, 4.69) is 10.6 Å². The summed E-state index contributed by atoms with van der Waals surface area (Å²) in [5, 5.41) is 15.7. The lowest BCUT2D eigenvalue weighted by molar-refractivity contribution is -0.148. The number of amides is 4. The highest BCUT2D eigenvalue weighted by atomic mass is 16.5. The van der Waals surface area contributed by atoms with E-state index in [4.69, 9.17) is 19.9 Å². The van der Waals surface area contributed by atoms with Gasteiger partial charge in [-0.1, -0.05) is 85.2 Å². The molecule has 1 aliphatic rings. The normalized spacial score (nSPS) is 18.6. The van der Waals surface area contributed by atoms with Gasteiger partial charge in [-0.25, -0.2) is 4.79 Å². The molecule has 0 saturated carbocycles. The van der Waals surface area contributed by atoms with Gasteiger partial charge in [-0.2, -0.15) is 0 Å². The smallest absolute Gasteiger partial charge is 0.326 e. The summed E-state index contributed by atoms with van der Waals surface area (Å²) in [6, 6.07) is 5.69. The van der Waals surface area contributed by atoms with E-state index >= 15 is 0 Å². The first-order valence-electron chi connectivity index (χ1n) is 20.9. The molecule has 9 atom stereocenters. The summed E-state index contributed by atoms with van der Waals surface area (Å²) in [5.41, 5.74) is 6.33. The maximum absolute atomic E-state index is 14.4.